The molecule has 6 N–H and O–H groups in total. The number of hydrogen-bond donors (Lipinski definition) is 3. The van der Waals surface area contributed by atoms with Crippen molar-refractivity contribution in [1.82, 2.24) is 4.90 Å². The first-order chi connectivity index (χ1) is 13.2. The van der Waals surface area contributed by atoms with Gasteiger partial charge in [-0.2, -0.15) is 0 Å². The first-order valence-electron chi connectivity index (χ1n) is 11.3. The monoisotopic (exact) mass is 398 g/mol. The number of amides is 2. The molecule has 0 aromatic carbocycles. The molecule has 0 saturated heterocycles. The van der Waals surface area contributed by atoms with Gasteiger partial charge in [0, 0.05) is 6.54 Å². The van der Waals surface area contributed by atoms with E-state index in [0.717, 1.165) is 32.2 Å². The molecule has 0 spiro atoms. The number of nitrogens with zero attached hydrogens (tertiary/aromatic N) is 1. The van der Waals surface area contributed by atoms with Gasteiger partial charge in [0.05, 0.1) is 12.1 Å². The van der Waals surface area contributed by atoms with E-state index in [4.69, 9.17) is 17.2 Å². The lowest BCUT2D eigenvalue weighted by atomic mass is 10.0. The zero-order valence-electron chi connectivity index (χ0n) is 18.8. The Balaban J connectivity index is 4.29. The quantitative estimate of drug-likeness (QED) is 0.345. The maximum Gasteiger partial charge on any atom is 0.246 e. The van der Waals surface area contributed by atoms with Crippen LogP contribution in [0.25, 0.3) is 0 Å². The van der Waals surface area contributed by atoms with E-state index in [1.54, 1.807) is 0 Å². The van der Waals surface area contributed by atoms with Crippen LogP contribution in [0.4, 0.5) is 0 Å². The minimum absolute atomic E-state index is 0.0112. The Hall–Kier alpha value is -0.980. The Morgan fingerprint density at radius 2 is 0.964 bits per heavy atom. The first kappa shape index (κ1) is 27.0. The van der Waals surface area contributed by atoms with Gasteiger partial charge in [-0.15, -0.1) is 0 Å². The average molecular weight is 399 g/mol. The van der Waals surface area contributed by atoms with Crippen molar-refractivity contribution in [2.45, 2.75) is 104 Å². The molecule has 0 aliphatic rings. The fourth-order valence-corrected chi connectivity index (χ4v) is 3.09. The van der Waals surface area contributed by atoms with Crippen molar-refractivity contribution in [2.24, 2.45) is 29.0 Å². The van der Waals surface area contributed by atoms with Gasteiger partial charge in [-0.1, -0.05) is 79.1 Å². The van der Waals surface area contributed by atoms with Gasteiger partial charge in [-0.25, -0.2) is 0 Å². The number of hydrogen-bond acceptors (Lipinski definition) is 5. The molecular formula is C22H46N4O2. The van der Waals surface area contributed by atoms with Crippen LogP contribution >= 0.6 is 0 Å². The highest BCUT2D eigenvalue weighted by Crippen LogP contribution is 2.13. The van der Waals surface area contributed by atoms with Crippen molar-refractivity contribution in [3.05, 3.63) is 0 Å². The van der Waals surface area contributed by atoms with Gasteiger partial charge in [0.2, 0.25) is 11.8 Å². The summed E-state index contributed by atoms with van der Waals surface area (Å²) in [4.78, 5) is 26.7. The topological polar surface area (TPSA) is 115 Å². The van der Waals surface area contributed by atoms with Gasteiger partial charge < -0.3 is 17.2 Å². The lowest BCUT2D eigenvalue weighted by Gasteiger charge is -2.29. The van der Waals surface area contributed by atoms with Gasteiger partial charge in [0.15, 0.2) is 0 Å². The Bertz CT molecular complexity index is 401. The molecule has 6 heteroatoms. The number of imide groups is 1. The van der Waals surface area contributed by atoms with E-state index in [0.29, 0.717) is 6.54 Å². The number of unbranched alkanes of at least 4 members (excludes halogenated alkanes) is 9. The zero-order valence-corrected chi connectivity index (χ0v) is 18.8. The molecule has 2 amide bonds. The summed E-state index contributed by atoms with van der Waals surface area (Å²) in [6.07, 6.45) is 11.6. The van der Waals surface area contributed by atoms with Gasteiger partial charge >= 0.3 is 0 Å². The van der Waals surface area contributed by atoms with E-state index >= 15 is 0 Å². The van der Waals surface area contributed by atoms with Crippen molar-refractivity contribution in [1.29, 1.82) is 0 Å². The van der Waals surface area contributed by atoms with Gasteiger partial charge in [0.25, 0.3) is 0 Å². The van der Waals surface area contributed by atoms with Crippen LogP contribution in [-0.4, -0.2) is 41.9 Å². The predicted molar refractivity (Wildman–Crippen MR) is 118 cm³/mol. The van der Waals surface area contributed by atoms with Crippen molar-refractivity contribution in [3.63, 3.8) is 0 Å². The Kier molecular flexibility index (Phi) is 15.3. The molecule has 28 heavy (non-hydrogen) atoms. The summed E-state index contributed by atoms with van der Waals surface area (Å²) in [5.41, 5.74) is 17.5. The lowest BCUT2D eigenvalue weighted by Crippen LogP contribution is -2.55. The van der Waals surface area contributed by atoms with Crippen LogP contribution in [0.15, 0.2) is 0 Å². The van der Waals surface area contributed by atoms with E-state index in [-0.39, 0.29) is 23.7 Å². The second-order valence-electron chi connectivity index (χ2n) is 8.69. The highest BCUT2D eigenvalue weighted by molar-refractivity contribution is 6.00. The maximum absolute atomic E-state index is 12.7. The molecule has 0 aromatic rings. The summed E-state index contributed by atoms with van der Waals surface area (Å²) in [7, 11) is 0. The van der Waals surface area contributed by atoms with Gasteiger partial charge in [0.1, 0.15) is 0 Å². The molecule has 2 atom stereocenters. The highest BCUT2D eigenvalue weighted by atomic mass is 16.2. The van der Waals surface area contributed by atoms with Gasteiger partial charge in [-0.3, -0.25) is 14.5 Å². The minimum Gasteiger partial charge on any atom is -0.330 e. The molecule has 0 radical (unpaired) electrons. The highest BCUT2D eigenvalue weighted by Gasteiger charge is 2.31. The fraction of sp³-hybridized carbons (Fsp3) is 0.909. The van der Waals surface area contributed by atoms with Crippen molar-refractivity contribution < 1.29 is 9.59 Å². The summed E-state index contributed by atoms with van der Waals surface area (Å²) < 4.78 is 0. The third-order valence-corrected chi connectivity index (χ3v) is 5.37. The summed E-state index contributed by atoms with van der Waals surface area (Å²) in [5, 5.41) is 0. The summed E-state index contributed by atoms with van der Waals surface area (Å²) in [6.45, 7) is 8.78. The average Bonchev–Trinajstić information content (AvgIpc) is 2.66. The van der Waals surface area contributed by atoms with Crippen molar-refractivity contribution in [2.75, 3.05) is 13.1 Å². The normalized spacial score (nSPS) is 13.8. The van der Waals surface area contributed by atoms with E-state index in [1.807, 2.05) is 27.7 Å². The molecule has 0 unspecified atom stereocenters. The Labute approximate surface area is 173 Å². The standard InChI is InChI=1S/C22H46N4O2/c1-17(2)19(24)21(27)26(22(28)20(25)18(3)4)16-14-12-10-8-6-5-7-9-11-13-15-23/h17-20H,5-16,23-25H2,1-4H3/t19-,20-/m0/s1. The number of rotatable bonds is 16. The third-order valence-electron chi connectivity index (χ3n) is 5.37. The van der Waals surface area contributed by atoms with E-state index in [1.165, 1.54) is 43.4 Å². The molecule has 0 bridgehead atoms. The zero-order chi connectivity index (χ0) is 21.5. The van der Waals surface area contributed by atoms with Crippen LogP contribution in [0.1, 0.15) is 91.9 Å². The minimum atomic E-state index is -0.664. The number of carbonyl (C=O) groups is 2. The SMILES string of the molecule is CC(C)[C@H](N)C(=O)N(CCCCCCCCCCCCN)C(=O)[C@@H](N)C(C)C. The molecule has 0 heterocycles. The first-order valence-corrected chi connectivity index (χ1v) is 11.3. The second kappa shape index (κ2) is 15.9. The van der Waals surface area contributed by atoms with Crippen LogP contribution in [0.2, 0.25) is 0 Å². The maximum atomic E-state index is 12.7. The number of nitrogens with two attached hydrogens (primary N) is 3. The van der Waals surface area contributed by atoms with Crippen molar-refractivity contribution >= 4 is 11.8 Å². The summed E-state index contributed by atoms with van der Waals surface area (Å²) in [6, 6.07) is -1.33. The van der Waals surface area contributed by atoms with Crippen LogP contribution in [0.3, 0.4) is 0 Å². The molecule has 0 fully saturated rings. The van der Waals surface area contributed by atoms with Crippen molar-refractivity contribution in [3.8, 4) is 0 Å². The number of carbonyl (C=O) groups excluding carboxylic acids is 2. The molecule has 6 nitrogen and oxygen atoms in total. The largest absolute Gasteiger partial charge is 0.330 e. The second-order valence-corrected chi connectivity index (χ2v) is 8.69. The van der Waals surface area contributed by atoms with E-state index in [2.05, 4.69) is 0 Å². The molecule has 0 aliphatic heterocycles. The van der Waals surface area contributed by atoms with Crippen LogP contribution in [-0.2, 0) is 9.59 Å². The molecule has 0 saturated carbocycles. The van der Waals surface area contributed by atoms with E-state index < -0.39 is 12.1 Å². The van der Waals surface area contributed by atoms with Crippen LogP contribution < -0.4 is 17.2 Å². The summed E-state index contributed by atoms with van der Waals surface area (Å²) in [5.74, 6) is -0.618. The fourth-order valence-electron chi connectivity index (χ4n) is 3.09. The smallest absolute Gasteiger partial charge is 0.246 e. The van der Waals surface area contributed by atoms with Crippen LogP contribution in [0.5, 0.6) is 0 Å². The Morgan fingerprint density at radius 3 is 1.29 bits per heavy atom. The molecular weight excluding hydrogens is 352 g/mol. The van der Waals surface area contributed by atoms with Gasteiger partial charge in [-0.05, 0) is 31.2 Å². The Morgan fingerprint density at radius 1 is 0.643 bits per heavy atom. The molecule has 0 aromatic heterocycles. The third kappa shape index (κ3) is 11.1. The van der Waals surface area contributed by atoms with Crippen LogP contribution in [0, 0.1) is 11.8 Å². The van der Waals surface area contributed by atoms with E-state index in [9.17, 15) is 9.59 Å². The molecule has 0 aliphatic carbocycles. The lowest BCUT2D eigenvalue weighted by molar-refractivity contribution is -0.147. The summed E-state index contributed by atoms with van der Waals surface area (Å²) >= 11 is 0. The molecule has 166 valence electrons. The predicted octanol–water partition coefficient (Wildman–Crippen LogP) is 3.17. The molecule has 0 rings (SSSR count).